The monoisotopic (exact) mass is 198 g/mol. The molecular weight excluding hydrogens is 180 g/mol. The molecule has 0 aromatic carbocycles. The van der Waals surface area contributed by atoms with Gasteiger partial charge in [-0.3, -0.25) is 0 Å². The van der Waals surface area contributed by atoms with Crippen LogP contribution in [0.1, 0.15) is 33.6 Å². The van der Waals surface area contributed by atoms with Crippen LogP contribution in [0.2, 0.25) is 0 Å². The normalized spacial score (nSPS) is 44.0. The second-order valence-electron chi connectivity index (χ2n) is 5.42. The number of rotatable bonds is 1. The van der Waals surface area contributed by atoms with Gasteiger partial charge in [0.15, 0.2) is 6.10 Å². The van der Waals surface area contributed by atoms with Crippen LogP contribution in [-0.2, 0) is 14.3 Å². The fourth-order valence-electron chi connectivity index (χ4n) is 3.04. The summed E-state index contributed by atoms with van der Waals surface area (Å²) >= 11 is 0. The van der Waals surface area contributed by atoms with Gasteiger partial charge in [-0.15, -0.1) is 0 Å². The van der Waals surface area contributed by atoms with E-state index in [9.17, 15) is 4.79 Å². The van der Waals surface area contributed by atoms with E-state index in [1.807, 2.05) is 0 Å². The van der Waals surface area contributed by atoms with Gasteiger partial charge in [0, 0.05) is 0 Å². The van der Waals surface area contributed by atoms with Crippen molar-refractivity contribution >= 4 is 5.97 Å². The molecule has 0 amide bonds. The molecule has 1 heterocycles. The summed E-state index contributed by atoms with van der Waals surface area (Å²) in [6.07, 6.45) is 1.80. The molecule has 0 N–H and O–H groups in total. The van der Waals surface area contributed by atoms with E-state index in [2.05, 4.69) is 20.8 Å². The van der Waals surface area contributed by atoms with Gasteiger partial charge in [0.2, 0.25) is 0 Å². The third kappa shape index (κ3) is 1.26. The lowest BCUT2D eigenvalue weighted by molar-refractivity contribution is -0.142. The summed E-state index contributed by atoms with van der Waals surface area (Å²) in [6.45, 7) is 6.63. The van der Waals surface area contributed by atoms with Crippen LogP contribution in [0.3, 0.4) is 0 Å². The predicted octanol–water partition coefficient (Wildman–Crippen LogP) is 1.75. The zero-order valence-corrected chi connectivity index (χ0v) is 9.29. The molecular formula is C11H18O3. The molecule has 1 aliphatic carbocycles. The van der Waals surface area contributed by atoms with Gasteiger partial charge < -0.3 is 9.47 Å². The first-order chi connectivity index (χ1) is 6.41. The van der Waals surface area contributed by atoms with Gasteiger partial charge in [0.1, 0.15) is 5.60 Å². The highest BCUT2D eigenvalue weighted by atomic mass is 16.7. The lowest BCUT2D eigenvalue weighted by Gasteiger charge is -2.15. The zero-order chi connectivity index (χ0) is 10.6. The predicted molar refractivity (Wildman–Crippen MR) is 51.8 cm³/mol. The van der Waals surface area contributed by atoms with Crippen LogP contribution in [-0.4, -0.2) is 24.8 Å². The second-order valence-corrected chi connectivity index (χ2v) is 5.42. The fourth-order valence-corrected chi connectivity index (χ4v) is 3.04. The van der Waals surface area contributed by atoms with Crippen molar-refractivity contribution in [3.8, 4) is 0 Å². The summed E-state index contributed by atoms with van der Waals surface area (Å²) in [5.74, 6) is 0.246. The summed E-state index contributed by atoms with van der Waals surface area (Å²) in [6, 6.07) is 0. The van der Waals surface area contributed by atoms with Gasteiger partial charge in [-0.05, 0) is 24.2 Å². The first-order valence-corrected chi connectivity index (χ1v) is 5.17. The highest BCUT2D eigenvalue weighted by Gasteiger charge is 2.69. The van der Waals surface area contributed by atoms with Gasteiger partial charge in [-0.2, -0.15) is 0 Å². The Morgan fingerprint density at radius 3 is 2.57 bits per heavy atom. The Labute approximate surface area is 84.8 Å². The number of ether oxygens (including phenoxy) is 2. The number of hydrogen-bond acceptors (Lipinski definition) is 3. The number of esters is 1. The van der Waals surface area contributed by atoms with Crippen LogP contribution in [0.4, 0.5) is 0 Å². The standard InChI is InChI=1S/C11H18O3/c1-7-5-10(2,3)6-11(7)8(14-11)9(12)13-4/h7-8H,5-6H2,1-4H3. The minimum atomic E-state index is -0.302. The number of epoxide rings is 1. The van der Waals surface area contributed by atoms with Crippen molar-refractivity contribution in [2.75, 3.05) is 7.11 Å². The second kappa shape index (κ2) is 2.72. The van der Waals surface area contributed by atoms with Crippen molar-refractivity contribution < 1.29 is 14.3 Å². The molecule has 3 heteroatoms. The van der Waals surface area contributed by atoms with Gasteiger partial charge in [-0.25, -0.2) is 4.79 Å². The van der Waals surface area contributed by atoms with Crippen molar-refractivity contribution in [3.63, 3.8) is 0 Å². The molecule has 2 rings (SSSR count). The molecule has 14 heavy (non-hydrogen) atoms. The molecule has 0 bridgehead atoms. The number of hydrogen-bond donors (Lipinski definition) is 0. The molecule has 2 aliphatic rings. The highest BCUT2D eigenvalue weighted by molar-refractivity contribution is 5.79. The largest absolute Gasteiger partial charge is 0.467 e. The number of carbonyl (C=O) groups excluding carboxylic acids is 1. The molecule has 1 aliphatic heterocycles. The van der Waals surface area contributed by atoms with E-state index >= 15 is 0 Å². The van der Waals surface area contributed by atoms with Gasteiger partial charge >= 0.3 is 5.97 Å². The number of methoxy groups -OCH3 is 1. The van der Waals surface area contributed by atoms with E-state index in [4.69, 9.17) is 9.47 Å². The van der Waals surface area contributed by atoms with E-state index in [0.717, 1.165) is 12.8 Å². The Hall–Kier alpha value is -0.570. The average molecular weight is 198 g/mol. The SMILES string of the molecule is COC(=O)C1OC12CC(C)(C)CC2C. The summed E-state index contributed by atoms with van der Waals surface area (Å²) in [4.78, 5) is 11.3. The van der Waals surface area contributed by atoms with E-state index in [1.54, 1.807) is 0 Å². The summed E-state index contributed by atoms with van der Waals surface area (Å²) in [5.41, 5.74) is 0.0960. The van der Waals surface area contributed by atoms with E-state index in [1.165, 1.54) is 7.11 Å². The zero-order valence-electron chi connectivity index (χ0n) is 9.29. The molecule has 3 unspecified atom stereocenters. The van der Waals surface area contributed by atoms with Crippen LogP contribution in [0.5, 0.6) is 0 Å². The Kier molecular flexibility index (Phi) is 1.94. The van der Waals surface area contributed by atoms with E-state index < -0.39 is 0 Å². The molecule has 3 nitrogen and oxygen atoms in total. The van der Waals surface area contributed by atoms with Crippen molar-refractivity contribution in [1.82, 2.24) is 0 Å². The molecule has 1 saturated heterocycles. The van der Waals surface area contributed by atoms with Crippen LogP contribution in [0.25, 0.3) is 0 Å². The molecule has 80 valence electrons. The maximum Gasteiger partial charge on any atom is 0.338 e. The molecule has 0 aromatic rings. The highest BCUT2D eigenvalue weighted by Crippen LogP contribution is 2.59. The molecule has 0 radical (unpaired) electrons. The Morgan fingerprint density at radius 1 is 1.50 bits per heavy atom. The van der Waals surface area contributed by atoms with Crippen molar-refractivity contribution in [3.05, 3.63) is 0 Å². The maximum atomic E-state index is 11.3. The summed E-state index contributed by atoms with van der Waals surface area (Å²) in [7, 11) is 1.42. The van der Waals surface area contributed by atoms with Crippen molar-refractivity contribution in [2.45, 2.75) is 45.3 Å². The Bertz CT molecular complexity index is 272. The summed E-state index contributed by atoms with van der Waals surface area (Å²) in [5, 5.41) is 0. The third-order valence-electron chi connectivity index (χ3n) is 3.59. The summed E-state index contributed by atoms with van der Waals surface area (Å²) < 4.78 is 10.3. The van der Waals surface area contributed by atoms with Crippen molar-refractivity contribution in [2.24, 2.45) is 11.3 Å². The maximum absolute atomic E-state index is 11.3. The minimum absolute atomic E-state index is 0.198. The minimum Gasteiger partial charge on any atom is -0.467 e. The van der Waals surface area contributed by atoms with Gasteiger partial charge in [0.05, 0.1) is 7.11 Å². The fraction of sp³-hybridized carbons (Fsp3) is 0.909. The van der Waals surface area contributed by atoms with Gasteiger partial charge in [0.25, 0.3) is 0 Å². The van der Waals surface area contributed by atoms with E-state index in [-0.39, 0.29) is 17.7 Å². The van der Waals surface area contributed by atoms with Crippen LogP contribution < -0.4 is 0 Å². The quantitative estimate of drug-likeness (QED) is 0.476. The number of carbonyl (C=O) groups is 1. The Morgan fingerprint density at radius 2 is 2.14 bits per heavy atom. The first-order valence-electron chi connectivity index (χ1n) is 5.17. The molecule has 3 atom stereocenters. The molecule has 1 saturated carbocycles. The molecule has 1 spiro atoms. The third-order valence-corrected chi connectivity index (χ3v) is 3.59. The van der Waals surface area contributed by atoms with Crippen LogP contribution >= 0.6 is 0 Å². The smallest absolute Gasteiger partial charge is 0.338 e. The topological polar surface area (TPSA) is 38.8 Å². The van der Waals surface area contributed by atoms with Crippen LogP contribution in [0.15, 0.2) is 0 Å². The van der Waals surface area contributed by atoms with Crippen LogP contribution in [0, 0.1) is 11.3 Å². The molecule has 0 aromatic heterocycles. The van der Waals surface area contributed by atoms with Crippen molar-refractivity contribution in [1.29, 1.82) is 0 Å². The van der Waals surface area contributed by atoms with E-state index in [0.29, 0.717) is 11.3 Å². The molecule has 2 fully saturated rings. The first kappa shape index (κ1) is 9.97. The lowest BCUT2D eigenvalue weighted by Crippen LogP contribution is -2.24. The van der Waals surface area contributed by atoms with Gasteiger partial charge in [-0.1, -0.05) is 20.8 Å². The average Bonchev–Trinajstić information content (AvgIpc) is 2.71. The lowest BCUT2D eigenvalue weighted by atomic mass is 9.90. The Balaban J connectivity index is 2.11.